The maximum atomic E-state index is 5.45. The predicted octanol–water partition coefficient (Wildman–Crippen LogP) is 0.582. The van der Waals surface area contributed by atoms with Crippen LogP contribution in [0.3, 0.4) is 0 Å². The third-order valence-electron chi connectivity index (χ3n) is 1.35. The monoisotopic (exact) mass is 137 g/mol. The van der Waals surface area contributed by atoms with Gasteiger partial charge in [0.15, 0.2) is 0 Å². The van der Waals surface area contributed by atoms with Gasteiger partial charge in [-0.3, -0.25) is 0 Å². The molecule has 0 fully saturated rings. The van der Waals surface area contributed by atoms with E-state index in [1.807, 2.05) is 19.2 Å². The first-order chi connectivity index (χ1) is 4.88. The summed E-state index contributed by atoms with van der Waals surface area (Å²) in [5.74, 6) is 0.866. The van der Waals surface area contributed by atoms with Crippen LogP contribution in [0.25, 0.3) is 0 Å². The van der Waals surface area contributed by atoms with Crippen LogP contribution < -0.4 is 11.1 Å². The Morgan fingerprint density at radius 2 is 2.50 bits per heavy atom. The summed E-state index contributed by atoms with van der Waals surface area (Å²) < 4.78 is 0. The maximum Gasteiger partial charge on any atom is 0.130 e. The average molecular weight is 137 g/mol. The lowest BCUT2D eigenvalue weighted by atomic mass is 10.2. The van der Waals surface area contributed by atoms with Crippen LogP contribution in [-0.2, 0) is 6.54 Å². The third kappa shape index (κ3) is 1.25. The molecule has 1 aromatic heterocycles. The van der Waals surface area contributed by atoms with Crippen molar-refractivity contribution >= 4 is 5.82 Å². The van der Waals surface area contributed by atoms with Gasteiger partial charge in [0.2, 0.25) is 0 Å². The highest BCUT2D eigenvalue weighted by Gasteiger charge is 1.95. The second-order valence-corrected chi connectivity index (χ2v) is 1.97. The summed E-state index contributed by atoms with van der Waals surface area (Å²) in [5.41, 5.74) is 6.49. The standard InChI is InChI=1S/C7H11N3/c1-9-7-6(5-8)3-2-4-10-7/h2-4H,5,8H2,1H3,(H,9,10). The van der Waals surface area contributed by atoms with Crippen molar-refractivity contribution in [2.75, 3.05) is 12.4 Å². The lowest BCUT2D eigenvalue weighted by Crippen LogP contribution is -2.02. The molecule has 1 heterocycles. The van der Waals surface area contributed by atoms with Crippen molar-refractivity contribution in [3.8, 4) is 0 Å². The SMILES string of the molecule is CNc1ncccc1CN. The highest BCUT2D eigenvalue weighted by atomic mass is 15.0. The molecule has 0 aliphatic carbocycles. The summed E-state index contributed by atoms with van der Waals surface area (Å²) in [6, 6.07) is 3.84. The zero-order chi connectivity index (χ0) is 7.40. The van der Waals surface area contributed by atoms with Gasteiger partial charge in [-0.25, -0.2) is 4.98 Å². The van der Waals surface area contributed by atoms with Crippen LogP contribution in [0.15, 0.2) is 18.3 Å². The minimum Gasteiger partial charge on any atom is -0.373 e. The van der Waals surface area contributed by atoms with Gasteiger partial charge in [0.25, 0.3) is 0 Å². The van der Waals surface area contributed by atoms with Gasteiger partial charge < -0.3 is 11.1 Å². The van der Waals surface area contributed by atoms with Crippen molar-refractivity contribution in [1.82, 2.24) is 4.98 Å². The van der Waals surface area contributed by atoms with E-state index in [1.165, 1.54) is 0 Å². The molecule has 1 aromatic rings. The number of aromatic nitrogens is 1. The van der Waals surface area contributed by atoms with E-state index >= 15 is 0 Å². The minimum atomic E-state index is 0.532. The molecule has 0 spiro atoms. The lowest BCUT2D eigenvalue weighted by Gasteiger charge is -2.03. The molecule has 0 saturated heterocycles. The quantitative estimate of drug-likeness (QED) is 0.627. The molecule has 54 valence electrons. The van der Waals surface area contributed by atoms with Crippen LogP contribution in [0.1, 0.15) is 5.56 Å². The third-order valence-corrected chi connectivity index (χ3v) is 1.35. The fourth-order valence-corrected chi connectivity index (χ4v) is 0.828. The number of hydrogen-bond donors (Lipinski definition) is 2. The fraction of sp³-hybridized carbons (Fsp3) is 0.286. The number of anilines is 1. The summed E-state index contributed by atoms with van der Waals surface area (Å²) in [6.45, 7) is 0.532. The summed E-state index contributed by atoms with van der Waals surface area (Å²) >= 11 is 0. The molecule has 0 aliphatic rings. The molecule has 10 heavy (non-hydrogen) atoms. The Kier molecular flexibility index (Phi) is 2.23. The molecule has 0 aromatic carbocycles. The van der Waals surface area contributed by atoms with E-state index in [-0.39, 0.29) is 0 Å². The van der Waals surface area contributed by atoms with Gasteiger partial charge in [-0.05, 0) is 6.07 Å². The summed E-state index contributed by atoms with van der Waals surface area (Å²) in [7, 11) is 1.83. The van der Waals surface area contributed by atoms with Crippen molar-refractivity contribution in [3.05, 3.63) is 23.9 Å². The zero-order valence-corrected chi connectivity index (χ0v) is 5.96. The lowest BCUT2D eigenvalue weighted by molar-refractivity contribution is 1.05. The molecule has 0 bridgehead atoms. The first-order valence-corrected chi connectivity index (χ1v) is 3.20. The van der Waals surface area contributed by atoms with E-state index in [0.29, 0.717) is 6.54 Å². The maximum absolute atomic E-state index is 5.45. The van der Waals surface area contributed by atoms with E-state index in [2.05, 4.69) is 10.3 Å². The van der Waals surface area contributed by atoms with Crippen molar-refractivity contribution in [2.45, 2.75) is 6.54 Å². The van der Waals surface area contributed by atoms with Crippen molar-refractivity contribution in [2.24, 2.45) is 5.73 Å². The van der Waals surface area contributed by atoms with Gasteiger partial charge in [-0.2, -0.15) is 0 Å². The Bertz CT molecular complexity index is 187. The Hall–Kier alpha value is -1.09. The van der Waals surface area contributed by atoms with E-state index in [1.54, 1.807) is 6.20 Å². The van der Waals surface area contributed by atoms with Crippen LogP contribution in [0.2, 0.25) is 0 Å². The number of nitrogens with one attached hydrogen (secondary N) is 1. The average Bonchev–Trinajstić information content (AvgIpc) is 2.04. The summed E-state index contributed by atoms with van der Waals surface area (Å²) in [6.07, 6.45) is 1.74. The predicted molar refractivity (Wildman–Crippen MR) is 41.7 cm³/mol. The smallest absolute Gasteiger partial charge is 0.130 e. The Morgan fingerprint density at radius 3 is 3.00 bits per heavy atom. The molecule has 0 atom stereocenters. The minimum absolute atomic E-state index is 0.532. The molecular formula is C7H11N3. The van der Waals surface area contributed by atoms with Crippen LogP contribution >= 0.6 is 0 Å². The van der Waals surface area contributed by atoms with E-state index in [4.69, 9.17) is 5.73 Å². The van der Waals surface area contributed by atoms with Crippen molar-refractivity contribution in [3.63, 3.8) is 0 Å². The molecule has 3 nitrogen and oxygen atoms in total. The Labute approximate surface area is 60.3 Å². The van der Waals surface area contributed by atoms with Gasteiger partial charge >= 0.3 is 0 Å². The first-order valence-electron chi connectivity index (χ1n) is 3.20. The molecule has 3 heteroatoms. The Balaban J connectivity index is 2.96. The molecule has 0 saturated carbocycles. The first kappa shape index (κ1) is 7.02. The molecule has 0 aliphatic heterocycles. The van der Waals surface area contributed by atoms with Crippen LogP contribution in [-0.4, -0.2) is 12.0 Å². The van der Waals surface area contributed by atoms with Gasteiger partial charge in [-0.15, -0.1) is 0 Å². The van der Waals surface area contributed by atoms with Gasteiger partial charge in [0.05, 0.1) is 0 Å². The van der Waals surface area contributed by atoms with Crippen molar-refractivity contribution in [1.29, 1.82) is 0 Å². The molecule has 1 rings (SSSR count). The van der Waals surface area contributed by atoms with Crippen LogP contribution in [0, 0.1) is 0 Å². The van der Waals surface area contributed by atoms with Crippen molar-refractivity contribution < 1.29 is 0 Å². The van der Waals surface area contributed by atoms with E-state index in [0.717, 1.165) is 11.4 Å². The van der Waals surface area contributed by atoms with Crippen LogP contribution in [0.4, 0.5) is 5.82 Å². The number of hydrogen-bond acceptors (Lipinski definition) is 3. The Morgan fingerprint density at radius 1 is 1.70 bits per heavy atom. The summed E-state index contributed by atoms with van der Waals surface area (Å²) in [4.78, 5) is 4.08. The largest absolute Gasteiger partial charge is 0.373 e. The normalized spacial score (nSPS) is 9.40. The summed E-state index contributed by atoms with van der Waals surface area (Å²) in [5, 5.41) is 2.96. The molecular weight excluding hydrogens is 126 g/mol. The van der Waals surface area contributed by atoms with Gasteiger partial charge in [-0.1, -0.05) is 6.07 Å². The highest BCUT2D eigenvalue weighted by molar-refractivity contribution is 5.42. The topological polar surface area (TPSA) is 50.9 Å². The zero-order valence-electron chi connectivity index (χ0n) is 5.96. The number of rotatable bonds is 2. The number of nitrogens with two attached hydrogens (primary N) is 1. The van der Waals surface area contributed by atoms with Gasteiger partial charge in [0.1, 0.15) is 5.82 Å². The van der Waals surface area contributed by atoms with Crippen LogP contribution in [0.5, 0.6) is 0 Å². The molecule has 0 unspecified atom stereocenters. The van der Waals surface area contributed by atoms with E-state index < -0.39 is 0 Å². The number of nitrogens with zero attached hydrogens (tertiary/aromatic N) is 1. The van der Waals surface area contributed by atoms with Gasteiger partial charge in [0, 0.05) is 25.4 Å². The number of pyridine rings is 1. The van der Waals surface area contributed by atoms with E-state index in [9.17, 15) is 0 Å². The fourth-order valence-electron chi connectivity index (χ4n) is 0.828. The highest BCUT2D eigenvalue weighted by Crippen LogP contribution is 2.07. The molecule has 0 amide bonds. The second-order valence-electron chi connectivity index (χ2n) is 1.97. The molecule has 0 radical (unpaired) electrons. The second kappa shape index (κ2) is 3.17. The molecule has 3 N–H and O–H groups in total.